The molecule has 2 atom stereocenters. The van der Waals surface area contributed by atoms with Gasteiger partial charge in [0.15, 0.2) is 0 Å². The summed E-state index contributed by atoms with van der Waals surface area (Å²) >= 11 is 2.78. The van der Waals surface area contributed by atoms with Gasteiger partial charge in [-0.3, -0.25) is 14.9 Å². The van der Waals surface area contributed by atoms with E-state index < -0.39 is 12.0 Å². The Balaban J connectivity index is 2.46. The van der Waals surface area contributed by atoms with Crippen molar-refractivity contribution in [2.75, 3.05) is 17.8 Å². The van der Waals surface area contributed by atoms with E-state index in [1.165, 1.54) is 0 Å². The Morgan fingerprint density at radius 2 is 2.50 bits per heavy atom. The number of thioether (sulfide) groups is 2. The molecule has 0 aliphatic carbocycles. The van der Waals surface area contributed by atoms with Crippen molar-refractivity contribution in [2.45, 2.75) is 18.5 Å². The molecule has 0 amide bonds. The fourth-order valence-electron chi connectivity index (χ4n) is 1.20. The van der Waals surface area contributed by atoms with Gasteiger partial charge in [-0.2, -0.15) is 11.8 Å². The van der Waals surface area contributed by atoms with Crippen LogP contribution in [0.25, 0.3) is 0 Å². The number of rotatable bonds is 4. The summed E-state index contributed by atoms with van der Waals surface area (Å²) in [7, 11) is 0. The van der Waals surface area contributed by atoms with E-state index >= 15 is 0 Å². The molecule has 4 nitrogen and oxygen atoms in total. The summed E-state index contributed by atoms with van der Waals surface area (Å²) in [6.07, 6.45) is 2.67. The van der Waals surface area contributed by atoms with Gasteiger partial charge in [0.1, 0.15) is 6.04 Å². The van der Waals surface area contributed by atoms with E-state index in [0.717, 1.165) is 17.5 Å². The van der Waals surface area contributed by atoms with E-state index in [2.05, 4.69) is 5.32 Å². The largest absolute Gasteiger partial charge is 0.480 e. The molecule has 1 rings (SSSR count). The van der Waals surface area contributed by atoms with Gasteiger partial charge >= 0.3 is 5.97 Å². The summed E-state index contributed by atoms with van der Waals surface area (Å²) in [4.78, 5) is 22.1. The van der Waals surface area contributed by atoms with Gasteiger partial charge in [-0.05, 0) is 18.4 Å². The molecule has 2 N–H and O–H groups in total. The molecule has 1 aliphatic heterocycles. The molecule has 0 aromatic heterocycles. The highest BCUT2D eigenvalue weighted by molar-refractivity contribution is 8.13. The molecule has 1 saturated heterocycles. The van der Waals surface area contributed by atoms with Gasteiger partial charge < -0.3 is 5.11 Å². The van der Waals surface area contributed by atoms with Crippen LogP contribution in [0.2, 0.25) is 0 Å². The lowest BCUT2D eigenvalue weighted by atomic mass is 10.2. The summed E-state index contributed by atoms with van der Waals surface area (Å²) in [6, 6.07) is -0.869. The van der Waals surface area contributed by atoms with Gasteiger partial charge in [0.2, 0.25) is 5.12 Å². The minimum atomic E-state index is -0.876. The van der Waals surface area contributed by atoms with E-state index in [9.17, 15) is 9.59 Å². The molecule has 0 aromatic rings. The van der Waals surface area contributed by atoms with Crippen LogP contribution in [0.5, 0.6) is 0 Å². The van der Waals surface area contributed by atoms with Crippen LogP contribution in [0, 0.1) is 0 Å². The molecular weight excluding hydrogens is 222 g/mol. The number of carboxylic acid groups (broad SMARTS) is 1. The summed E-state index contributed by atoms with van der Waals surface area (Å²) < 4.78 is 0. The van der Waals surface area contributed by atoms with Crippen molar-refractivity contribution < 1.29 is 14.7 Å². The van der Waals surface area contributed by atoms with Gasteiger partial charge in [0, 0.05) is 5.75 Å². The molecule has 0 bridgehead atoms. The summed E-state index contributed by atoms with van der Waals surface area (Å²) in [6.45, 7) is 0. The number of carbonyl (C=O) groups is 2. The second-order valence-corrected chi connectivity index (χ2v) is 5.03. The summed E-state index contributed by atoms with van der Waals surface area (Å²) in [5.74, 6) is 0.333. The molecule has 0 spiro atoms. The Labute approximate surface area is 91.2 Å². The third kappa shape index (κ3) is 3.18. The maximum Gasteiger partial charge on any atom is 0.321 e. The maximum atomic E-state index is 11.4. The zero-order valence-electron chi connectivity index (χ0n) is 7.86. The van der Waals surface area contributed by atoms with Crippen LogP contribution in [0.15, 0.2) is 0 Å². The fourth-order valence-corrected chi connectivity index (χ4v) is 2.63. The highest BCUT2D eigenvalue weighted by Gasteiger charge is 2.31. The topological polar surface area (TPSA) is 66.4 Å². The van der Waals surface area contributed by atoms with Crippen LogP contribution >= 0.6 is 23.5 Å². The predicted octanol–water partition coefficient (Wildman–Crippen LogP) is 0.424. The fraction of sp³-hybridized carbons (Fsp3) is 0.750. The molecule has 0 saturated carbocycles. The summed E-state index contributed by atoms with van der Waals surface area (Å²) in [5.41, 5.74) is 0. The van der Waals surface area contributed by atoms with Crippen molar-refractivity contribution in [3.05, 3.63) is 0 Å². The van der Waals surface area contributed by atoms with Crippen LogP contribution in [-0.4, -0.2) is 46.0 Å². The molecule has 0 radical (unpaired) electrons. The lowest BCUT2D eigenvalue weighted by molar-refractivity contribution is -0.139. The van der Waals surface area contributed by atoms with Gasteiger partial charge in [0.05, 0.1) is 6.04 Å². The highest BCUT2D eigenvalue weighted by Crippen LogP contribution is 2.18. The van der Waals surface area contributed by atoms with E-state index in [1.807, 2.05) is 6.26 Å². The molecule has 0 aromatic carbocycles. The van der Waals surface area contributed by atoms with Gasteiger partial charge in [0.25, 0.3) is 0 Å². The minimum absolute atomic E-state index is 0.0663. The van der Waals surface area contributed by atoms with Gasteiger partial charge in [-0.1, -0.05) is 11.8 Å². The van der Waals surface area contributed by atoms with Crippen LogP contribution in [-0.2, 0) is 9.59 Å². The summed E-state index contributed by atoms with van der Waals surface area (Å²) in [5, 5.41) is 11.7. The third-order valence-electron chi connectivity index (χ3n) is 1.99. The zero-order valence-corrected chi connectivity index (χ0v) is 9.49. The standard InChI is InChI=1S/C8H13NO3S2/c1-13-3-2-5-8(12)14-4-6(9-5)7(10)11/h5-6,9H,2-4H2,1H3,(H,10,11). The Kier molecular flexibility index (Phi) is 4.77. The van der Waals surface area contributed by atoms with Crippen molar-refractivity contribution in [1.29, 1.82) is 0 Å². The first kappa shape index (κ1) is 11.9. The second kappa shape index (κ2) is 5.63. The Morgan fingerprint density at radius 3 is 3.07 bits per heavy atom. The van der Waals surface area contributed by atoms with E-state index in [1.54, 1.807) is 11.8 Å². The molecule has 1 aliphatic rings. The number of carboxylic acids is 1. The Morgan fingerprint density at radius 1 is 1.79 bits per heavy atom. The smallest absolute Gasteiger partial charge is 0.321 e. The Bertz CT molecular complexity index is 235. The molecule has 6 heteroatoms. The van der Waals surface area contributed by atoms with Crippen LogP contribution < -0.4 is 5.32 Å². The lowest BCUT2D eigenvalue weighted by Gasteiger charge is -2.26. The first-order valence-corrected chi connectivity index (χ1v) is 6.67. The second-order valence-electron chi connectivity index (χ2n) is 3.02. The van der Waals surface area contributed by atoms with Crippen LogP contribution in [0.1, 0.15) is 6.42 Å². The first-order valence-electron chi connectivity index (χ1n) is 4.29. The maximum absolute atomic E-state index is 11.4. The van der Waals surface area contributed by atoms with Crippen molar-refractivity contribution in [2.24, 2.45) is 0 Å². The van der Waals surface area contributed by atoms with Crippen LogP contribution in [0.3, 0.4) is 0 Å². The number of aliphatic carboxylic acids is 1. The SMILES string of the molecule is CSCCC1NC(C(=O)O)CSC1=O. The molecular formula is C8H13NO3S2. The van der Waals surface area contributed by atoms with Gasteiger partial charge in [-0.15, -0.1) is 0 Å². The number of carbonyl (C=O) groups excluding carboxylic acids is 1. The van der Waals surface area contributed by atoms with E-state index in [4.69, 9.17) is 5.11 Å². The van der Waals surface area contributed by atoms with Gasteiger partial charge in [-0.25, -0.2) is 0 Å². The normalized spacial score (nSPS) is 27.6. The lowest BCUT2D eigenvalue weighted by Crippen LogP contribution is -2.52. The number of hydrogen-bond acceptors (Lipinski definition) is 5. The zero-order chi connectivity index (χ0) is 10.6. The molecule has 2 unspecified atom stereocenters. The monoisotopic (exact) mass is 235 g/mol. The van der Waals surface area contributed by atoms with E-state index in [-0.39, 0.29) is 11.2 Å². The third-order valence-corrected chi connectivity index (χ3v) is 3.70. The average molecular weight is 235 g/mol. The highest BCUT2D eigenvalue weighted by atomic mass is 32.2. The quantitative estimate of drug-likeness (QED) is 0.736. The Hall–Kier alpha value is -0.200. The first-order chi connectivity index (χ1) is 6.65. The predicted molar refractivity (Wildman–Crippen MR) is 58.8 cm³/mol. The van der Waals surface area contributed by atoms with E-state index in [0.29, 0.717) is 12.2 Å². The van der Waals surface area contributed by atoms with Crippen molar-refractivity contribution in [1.82, 2.24) is 5.32 Å². The van der Waals surface area contributed by atoms with Crippen molar-refractivity contribution >= 4 is 34.6 Å². The average Bonchev–Trinajstić information content (AvgIpc) is 2.16. The van der Waals surface area contributed by atoms with Crippen LogP contribution in [0.4, 0.5) is 0 Å². The molecule has 80 valence electrons. The van der Waals surface area contributed by atoms with Crippen molar-refractivity contribution in [3.8, 4) is 0 Å². The molecule has 1 fully saturated rings. The van der Waals surface area contributed by atoms with Crippen molar-refractivity contribution in [3.63, 3.8) is 0 Å². The molecule has 1 heterocycles. The number of nitrogens with one attached hydrogen (secondary N) is 1. The minimum Gasteiger partial charge on any atom is -0.480 e. The molecule has 14 heavy (non-hydrogen) atoms. The number of hydrogen-bond donors (Lipinski definition) is 2.